The smallest absolute Gasteiger partial charge is 0.138 e. The zero-order chi connectivity index (χ0) is 16.0. The summed E-state index contributed by atoms with van der Waals surface area (Å²) in [6, 6.07) is 14.4. The monoisotopic (exact) mass is 304 g/mol. The summed E-state index contributed by atoms with van der Waals surface area (Å²) in [7, 11) is 1.70. The van der Waals surface area contributed by atoms with Gasteiger partial charge < -0.3 is 9.15 Å². The average Bonchev–Trinajstić information content (AvgIpc) is 3.35. The first kappa shape index (κ1) is 14.1. The van der Waals surface area contributed by atoms with Gasteiger partial charge in [-0.25, -0.2) is 0 Å². The second kappa shape index (κ2) is 5.31. The fourth-order valence-corrected chi connectivity index (χ4v) is 3.28. The van der Waals surface area contributed by atoms with Gasteiger partial charge in [-0.3, -0.25) is 0 Å². The summed E-state index contributed by atoms with van der Waals surface area (Å²) in [6.45, 7) is 6.42. The molecule has 2 heteroatoms. The largest absolute Gasteiger partial charge is 0.497 e. The van der Waals surface area contributed by atoms with Crippen LogP contribution in [0.5, 0.6) is 5.75 Å². The predicted octanol–water partition coefficient (Wildman–Crippen LogP) is 3.77. The molecule has 0 spiro atoms. The Labute approximate surface area is 135 Å². The van der Waals surface area contributed by atoms with E-state index in [1.54, 1.807) is 7.11 Å². The molecule has 0 amide bonds. The molecular formula is C21H20O2. The van der Waals surface area contributed by atoms with E-state index in [1.807, 2.05) is 24.3 Å². The molecule has 3 aromatic rings. The second-order valence-electron chi connectivity index (χ2n) is 6.27. The molecule has 0 atom stereocenters. The van der Waals surface area contributed by atoms with Crippen LogP contribution in [0.1, 0.15) is 24.0 Å². The van der Waals surface area contributed by atoms with Crippen molar-refractivity contribution < 1.29 is 9.15 Å². The van der Waals surface area contributed by atoms with Crippen LogP contribution < -0.4 is 15.4 Å². The van der Waals surface area contributed by atoms with Gasteiger partial charge in [0.2, 0.25) is 0 Å². The molecule has 0 N–H and O–H groups in total. The molecule has 1 heterocycles. The molecule has 0 aliphatic heterocycles. The Hall–Kier alpha value is -2.48. The molecule has 2 nitrogen and oxygen atoms in total. The standard InChI is InChI=1S/C21H20O2/c1-13-12-16(22-3)10-11-17(13)20(15-8-9-15)21-14(2)18-6-4-5-7-19(18)23-21/h4-7,10-12,15H,2,8-9H2,1,3H3/b21-20+. The molecule has 1 saturated carbocycles. The fraction of sp³-hybridized carbons (Fsp3) is 0.238. The van der Waals surface area contributed by atoms with Gasteiger partial charge in [-0.15, -0.1) is 0 Å². The molecule has 0 radical (unpaired) electrons. The topological polar surface area (TPSA) is 22.4 Å². The third kappa shape index (κ3) is 2.35. The van der Waals surface area contributed by atoms with Crippen molar-refractivity contribution in [2.45, 2.75) is 19.8 Å². The number of ether oxygens (including phenoxy) is 1. The first-order valence-electron chi connectivity index (χ1n) is 8.04. The first-order chi connectivity index (χ1) is 11.2. The van der Waals surface area contributed by atoms with E-state index in [-0.39, 0.29) is 0 Å². The van der Waals surface area contributed by atoms with Gasteiger partial charge in [0.05, 0.1) is 7.11 Å². The molecule has 116 valence electrons. The Morgan fingerprint density at radius 3 is 2.61 bits per heavy atom. The van der Waals surface area contributed by atoms with E-state index in [4.69, 9.17) is 9.15 Å². The van der Waals surface area contributed by atoms with E-state index in [0.29, 0.717) is 5.92 Å². The Kier molecular flexibility index (Phi) is 3.26. The van der Waals surface area contributed by atoms with Gasteiger partial charge in [0.15, 0.2) is 0 Å². The third-order valence-corrected chi connectivity index (χ3v) is 4.65. The third-order valence-electron chi connectivity index (χ3n) is 4.65. The molecule has 1 aliphatic carbocycles. The molecule has 4 rings (SSSR count). The van der Waals surface area contributed by atoms with Gasteiger partial charge in [-0.2, -0.15) is 0 Å². The van der Waals surface area contributed by atoms with Gasteiger partial charge in [0.25, 0.3) is 0 Å². The summed E-state index contributed by atoms with van der Waals surface area (Å²) < 4.78 is 11.5. The molecular weight excluding hydrogens is 284 g/mol. The fourth-order valence-electron chi connectivity index (χ4n) is 3.28. The van der Waals surface area contributed by atoms with Gasteiger partial charge in [0.1, 0.15) is 16.7 Å². The number of furan rings is 1. The van der Waals surface area contributed by atoms with E-state index >= 15 is 0 Å². The summed E-state index contributed by atoms with van der Waals surface area (Å²) in [5.74, 6) is 1.46. The van der Waals surface area contributed by atoms with E-state index in [9.17, 15) is 0 Å². The number of hydrogen-bond acceptors (Lipinski definition) is 2. The number of methoxy groups -OCH3 is 1. The van der Waals surface area contributed by atoms with Crippen molar-refractivity contribution in [3.63, 3.8) is 0 Å². The first-order valence-corrected chi connectivity index (χ1v) is 8.04. The summed E-state index contributed by atoms with van der Waals surface area (Å²) in [6.07, 6.45) is 2.44. The van der Waals surface area contributed by atoms with E-state index < -0.39 is 0 Å². The second-order valence-corrected chi connectivity index (χ2v) is 6.27. The maximum atomic E-state index is 6.20. The minimum Gasteiger partial charge on any atom is -0.497 e. The molecule has 1 fully saturated rings. The van der Waals surface area contributed by atoms with E-state index in [2.05, 4.69) is 31.7 Å². The van der Waals surface area contributed by atoms with Crippen molar-refractivity contribution in [2.24, 2.45) is 5.92 Å². The molecule has 23 heavy (non-hydrogen) atoms. The SMILES string of the molecule is C=c1/c(=C(\c2ccc(OC)cc2C)C2CC2)oc2ccccc12. The molecule has 0 saturated heterocycles. The van der Waals surface area contributed by atoms with Crippen LogP contribution in [-0.2, 0) is 0 Å². The molecule has 1 aliphatic rings. The Morgan fingerprint density at radius 1 is 1.17 bits per heavy atom. The zero-order valence-corrected chi connectivity index (χ0v) is 13.6. The van der Waals surface area contributed by atoms with Crippen molar-refractivity contribution in [1.82, 2.24) is 0 Å². The van der Waals surface area contributed by atoms with Gasteiger partial charge >= 0.3 is 0 Å². The normalized spacial score (nSPS) is 15.7. The van der Waals surface area contributed by atoms with Crippen molar-refractivity contribution in [3.8, 4) is 5.75 Å². The number of benzene rings is 2. The zero-order valence-electron chi connectivity index (χ0n) is 13.6. The number of para-hydroxylation sites is 1. The van der Waals surface area contributed by atoms with Crippen LogP contribution in [0.2, 0.25) is 0 Å². The van der Waals surface area contributed by atoms with Crippen LogP contribution in [-0.4, -0.2) is 7.11 Å². The van der Waals surface area contributed by atoms with Gasteiger partial charge in [-0.05, 0) is 55.0 Å². The summed E-state index contributed by atoms with van der Waals surface area (Å²) in [5.41, 5.74) is 5.62. The Balaban J connectivity index is 2.04. The maximum Gasteiger partial charge on any atom is 0.138 e. The van der Waals surface area contributed by atoms with Crippen molar-refractivity contribution in [1.29, 1.82) is 0 Å². The lowest BCUT2D eigenvalue weighted by molar-refractivity contribution is 0.414. The number of rotatable bonds is 3. The summed E-state index contributed by atoms with van der Waals surface area (Å²) in [4.78, 5) is 0. The minimum absolute atomic E-state index is 0.572. The summed E-state index contributed by atoms with van der Waals surface area (Å²) in [5, 5.41) is 2.10. The average molecular weight is 304 g/mol. The number of fused-ring (bicyclic) bond motifs is 1. The highest BCUT2D eigenvalue weighted by molar-refractivity contribution is 5.80. The van der Waals surface area contributed by atoms with Crippen LogP contribution in [0.25, 0.3) is 23.1 Å². The maximum absolute atomic E-state index is 6.20. The highest BCUT2D eigenvalue weighted by atomic mass is 16.5. The Bertz CT molecular complexity index is 990. The number of hydrogen-bond donors (Lipinski definition) is 0. The Morgan fingerprint density at radius 2 is 1.96 bits per heavy atom. The van der Waals surface area contributed by atoms with Crippen molar-refractivity contribution in [2.75, 3.05) is 7.11 Å². The highest BCUT2D eigenvalue weighted by Crippen LogP contribution is 2.41. The van der Waals surface area contributed by atoms with E-state index in [1.165, 1.54) is 29.5 Å². The van der Waals surface area contributed by atoms with Gasteiger partial charge in [-0.1, -0.05) is 30.8 Å². The van der Waals surface area contributed by atoms with Crippen molar-refractivity contribution in [3.05, 3.63) is 64.2 Å². The number of aryl methyl sites for hydroxylation is 1. The molecule has 0 bridgehead atoms. The van der Waals surface area contributed by atoms with Crippen LogP contribution in [0.4, 0.5) is 0 Å². The van der Waals surface area contributed by atoms with Crippen LogP contribution in [0.15, 0.2) is 46.9 Å². The molecule has 0 unspecified atom stereocenters. The lowest BCUT2D eigenvalue weighted by atomic mass is 9.96. The van der Waals surface area contributed by atoms with Gasteiger partial charge in [0, 0.05) is 16.2 Å². The summed E-state index contributed by atoms with van der Waals surface area (Å²) >= 11 is 0. The minimum atomic E-state index is 0.572. The van der Waals surface area contributed by atoms with Crippen LogP contribution in [0, 0.1) is 12.8 Å². The predicted molar refractivity (Wildman–Crippen MR) is 94.0 cm³/mol. The lowest BCUT2D eigenvalue weighted by Crippen LogP contribution is -2.23. The van der Waals surface area contributed by atoms with Crippen LogP contribution >= 0.6 is 0 Å². The lowest BCUT2D eigenvalue weighted by Gasteiger charge is -2.10. The van der Waals surface area contributed by atoms with Crippen LogP contribution in [0.3, 0.4) is 0 Å². The molecule has 1 aromatic heterocycles. The van der Waals surface area contributed by atoms with E-state index in [0.717, 1.165) is 27.4 Å². The quantitative estimate of drug-likeness (QED) is 0.735. The van der Waals surface area contributed by atoms with Crippen molar-refractivity contribution >= 4 is 23.1 Å². The highest BCUT2D eigenvalue weighted by Gasteiger charge is 2.30. The molecule has 2 aromatic carbocycles.